The molecule has 7 nitrogen and oxygen atoms in total. The molecule has 3 aromatic rings. The summed E-state index contributed by atoms with van der Waals surface area (Å²) >= 11 is 0. The molecular weight excluding hydrogens is 591 g/mol. The van der Waals surface area contributed by atoms with E-state index in [4.69, 9.17) is 0 Å². The van der Waals surface area contributed by atoms with Crippen molar-refractivity contribution in [3.8, 4) is 0 Å². The summed E-state index contributed by atoms with van der Waals surface area (Å²) < 4.78 is 69.6. The van der Waals surface area contributed by atoms with Gasteiger partial charge in [0.15, 0.2) is 0 Å². The molecule has 1 aliphatic rings. The Balaban J connectivity index is 1.75. The quantitative estimate of drug-likeness (QED) is 0.267. The molecule has 0 bridgehead atoms. The van der Waals surface area contributed by atoms with E-state index >= 15 is 0 Å². The molecule has 236 valence electrons. The Hall–Kier alpha value is -3.86. The van der Waals surface area contributed by atoms with E-state index in [0.717, 1.165) is 54.5 Å². The fourth-order valence-electron chi connectivity index (χ4n) is 5.38. The highest BCUT2D eigenvalue weighted by molar-refractivity contribution is 7.92. The highest BCUT2D eigenvalue weighted by Gasteiger charge is 2.36. The number of halogens is 3. The minimum atomic E-state index is -4.73. The molecule has 0 aromatic heterocycles. The smallest absolute Gasteiger partial charge is 0.352 e. The predicted molar refractivity (Wildman–Crippen MR) is 163 cm³/mol. The standard InChI is InChI=1S/C33H38F3N3O4S/c1-4-30(32(41)37-27-9-5-6-10-27)38(21-25-16-12-23(2)13-17-25)31(40)22-39(28-11-7-8-26(20-28)33(34,35)36)44(42,43)29-18-14-24(3)15-19-29/h7-8,11-20,27,30H,4-6,9-10,21-22H2,1-3H3,(H,37,41)/t30-/m1/s1. The lowest BCUT2D eigenvalue weighted by Crippen LogP contribution is -2.53. The summed E-state index contributed by atoms with van der Waals surface area (Å²) in [5.74, 6) is -1.06. The first-order chi connectivity index (χ1) is 20.8. The second kappa shape index (κ2) is 13.8. The normalized spacial score (nSPS) is 14.7. The summed E-state index contributed by atoms with van der Waals surface area (Å²) in [6.07, 6.45) is -0.807. The van der Waals surface area contributed by atoms with Crippen molar-refractivity contribution in [2.24, 2.45) is 0 Å². The van der Waals surface area contributed by atoms with Crippen LogP contribution in [-0.4, -0.2) is 43.8 Å². The van der Waals surface area contributed by atoms with Crippen LogP contribution in [0, 0.1) is 13.8 Å². The number of hydrogen-bond acceptors (Lipinski definition) is 4. The SMILES string of the molecule is CC[C@H](C(=O)NC1CCCC1)N(Cc1ccc(C)cc1)C(=O)CN(c1cccc(C(F)(F)F)c1)S(=O)(=O)c1ccc(C)cc1. The third-order valence-corrected chi connectivity index (χ3v) is 9.70. The number of hydrogen-bond donors (Lipinski definition) is 1. The van der Waals surface area contributed by atoms with Crippen LogP contribution in [0.1, 0.15) is 61.3 Å². The average Bonchev–Trinajstić information content (AvgIpc) is 3.49. The average molecular weight is 630 g/mol. The molecule has 3 aromatic carbocycles. The van der Waals surface area contributed by atoms with E-state index < -0.39 is 40.3 Å². The molecule has 1 saturated carbocycles. The Morgan fingerprint density at radius 2 is 1.52 bits per heavy atom. The fourth-order valence-corrected chi connectivity index (χ4v) is 6.79. The van der Waals surface area contributed by atoms with Crippen LogP contribution in [0.25, 0.3) is 0 Å². The summed E-state index contributed by atoms with van der Waals surface area (Å²) in [5, 5.41) is 3.04. The first-order valence-corrected chi connectivity index (χ1v) is 16.2. The van der Waals surface area contributed by atoms with E-state index in [9.17, 15) is 31.2 Å². The Labute approximate surface area is 257 Å². The fraction of sp³-hybridized carbons (Fsp3) is 0.394. The number of carbonyl (C=O) groups is 2. The molecule has 44 heavy (non-hydrogen) atoms. The Morgan fingerprint density at radius 3 is 2.09 bits per heavy atom. The lowest BCUT2D eigenvalue weighted by Gasteiger charge is -2.34. The third kappa shape index (κ3) is 7.99. The molecule has 0 unspecified atom stereocenters. The topological polar surface area (TPSA) is 86.8 Å². The first kappa shape index (κ1) is 33.0. The molecule has 11 heteroatoms. The van der Waals surface area contributed by atoms with Gasteiger partial charge >= 0.3 is 6.18 Å². The van der Waals surface area contributed by atoms with Gasteiger partial charge in [0.05, 0.1) is 16.1 Å². The minimum absolute atomic E-state index is 0.00333. The molecule has 1 fully saturated rings. The maximum Gasteiger partial charge on any atom is 0.416 e. The van der Waals surface area contributed by atoms with Gasteiger partial charge in [-0.2, -0.15) is 13.2 Å². The van der Waals surface area contributed by atoms with Crippen molar-refractivity contribution in [2.45, 2.75) is 82.6 Å². The van der Waals surface area contributed by atoms with Crippen LogP contribution in [0.5, 0.6) is 0 Å². The van der Waals surface area contributed by atoms with E-state index in [-0.39, 0.29) is 35.5 Å². The zero-order valence-electron chi connectivity index (χ0n) is 25.1. The highest BCUT2D eigenvalue weighted by Crippen LogP contribution is 2.33. The molecule has 1 N–H and O–H groups in total. The number of benzene rings is 3. The number of amides is 2. The van der Waals surface area contributed by atoms with Gasteiger partial charge in [0, 0.05) is 12.6 Å². The van der Waals surface area contributed by atoms with Gasteiger partial charge in [-0.3, -0.25) is 13.9 Å². The summed E-state index contributed by atoms with van der Waals surface area (Å²) in [7, 11) is -4.49. The Bertz CT molecular complexity index is 1550. The zero-order valence-corrected chi connectivity index (χ0v) is 25.9. The molecular formula is C33H38F3N3O4S. The van der Waals surface area contributed by atoms with Crippen LogP contribution in [-0.2, 0) is 32.3 Å². The number of rotatable bonds is 11. The van der Waals surface area contributed by atoms with Crippen LogP contribution < -0.4 is 9.62 Å². The molecule has 0 spiro atoms. The monoisotopic (exact) mass is 629 g/mol. The zero-order chi connectivity index (χ0) is 32.1. The summed E-state index contributed by atoms with van der Waals surface area (Å²) in [6, 6.07) is 16.2. The molecule has 0 saturated heterocycles. The maximum absolute atomic E-state index is 14.2. The minimum Gasteiger partial charge on any atom is -0.352 e. The van der Waals surface area contributed by atoms with Crippen LogP contribution >= 0.6 is 0 Å². The third-order valence-electron chi connectivity index (χ3n) is 7.91. The van der Waals surface area contributed by atoms with Crippen LogP contribution in [0.15, 0.2) is 77.7 Å². The molecule has 0 heterocycles. The van der Waals surface area contributed by atoms with Crippen molar-refractivity contribution in [3.63, 3.8) is 0 Å². The number of aryl methyl sites for hydroxylation is 2. The number of carbonyl (C=O) groups excluding carboxylic acids is 2. The molecule has 1 atom stereocenters. The Kier molecular flexibility index (Phi) is 10.4. The van der Waals surface area contributed by atoms with Crippen LogP contribution in [0.4, 0.5) is 18.9 Å². The van der Waals surface area contributed by atoms with E-state index in [0.29, 0.717) is 10.4 Å². The van der Waals surface area contributed by atoms with Crippen molar-refractivity contribution in [3.05, 3.63) is 95.1 Å². The number of anilines is 1. The van der Waals surface area contributed by atoms with Gasteiger partial charge in [-0.05, 0) is 69.0 Å². The van der Waals surface area contributed by atoms with E-state index in [1.54, 1.807) is 26.0 Å². The second-order valence-electron chi connectivity index (χ2n) is 11.3. The summed E-state index contributed by atoms with van der Waals surface area (Å²) in [6.45, 7) is 4.66. The van der Waals surface area contributed by atoms with Gasteiger partial charge in [0.25, 0.3) is 10.0 Å². The van der Waals surface area contributed by atoms with Crippen molar-refractivity contribution >= 4 is 27.5 Å². The van der Waals surface area contributed by atoms with Gasteiger partial charge in [-0.1, -0.05) is 73.4 Å². The predicted octanol–water partition coefficient (Wildman–Crippen LogP) is 6.38. The van der Waals surface area contributed by atoms with Crippen LogP contribution in [0.3, 0.4) is 0 Å². The summed E-state index contributed by atoms with van der Waals surface area (Å²) in [5.41, 5.74) is 1.15. The van der Waals surface area contributed by atoms with E-state index in [2.05, 4.69) is 5.32 Å². The van der Waals surface area contributed by atoms with Gasteiger partial charge in [-0.25, -0.2) is 8.42 Å². The van der Waals surface area contributed by atoms with Crippen molar-refractivity contribution in [2.75, 3.05) is 10.8 Å². The number of alkyl halides is 3. The van der Waals surface area contributed by atoms with E-state index in [1.165, 1.54) is 23.1 Å². The number of sulfonamides is 1. The van der Waals surface area contributed by atoms with E-state index in [1.807, 2.05) is 31.2 Å². The van der Waals surface area contributed by atoms with Crippen molar-refractivity contribution in [1.82, 2.24) is 10.2 Å². The molecule has 2 amide bonds. The second-order valence-corrected chi connectivity index (χ2v) is 13.2. The maximum atomic E-state index is 14.2. The Morgan fingerprint density at radius 1 is 0.932 bits per heavy atom. The van der Waals surface area contributed by atoms with Crippen LogP contribution in [0.2, 0.25) is 0 Å². The van der Waals surface area contributed by atoms with Crippen molar-refractivity contribution in [1.29, 1.82) is 0 Å². The molecule has 0 aliphatic heterocycles. The number of nitrogens with zero attached hydrogens (tertiary/aromatic N) is 2. The molecule has 0 radical (unpaired) electrons. The molecule has 1 aliphatic carbocycles. The highest BCUT2D eigenvalue weighted by atomic mass is 32.2. The summed E-state index contributed by atoms with van der Waals surface area (Å²) in [4.78, 5) is 28.8. The van der Waals surface area contributed by atoms with Gasteiger partial charge in [0.2, 0.25) is 11.8 Å². The lowest BCUT2D eigenvalue weighted by molar-refractivity contribution is -0.140. The van der Waals surface area contributed by atoms with Gasteiger partial charge in [-0.15, -0.1) is 0 Å². The number of nitrogens with one attached hydrogen (secondary N) is 1. The van der Waals surface area contributed by atoms with Crippen molar-refractivity contribution < 1.29 is 31.2 Å². The largest absolute Gasteiger partial charge is 0.416 e. The van der Waals surface area contributed by atoms with Gasteiger partial charge < -0.3 is 10.2 Å². The molecule has 4 rings (SSSR count). The lowest BCUT2D eigenvalue weighted by atomic mass is 10.1. The first-order valence-electron chi connectivity index (χ1n) is 14.7. The van der Waals surface area contributed by atoms with Gasteiger partial charge in [0.1, 0.15) is 12.6 Å².